The number of thiophene rings is 1. The molecule has 0 spiro atoms. The van der Waals surface area contributed by atoms with Gasteiger partial charge < -0.3 is 15.0 Å². The number of fused-ring (bicyclic) bond motifs is 1. The highest BCUT2D eigenvalue weighted by Crippen LogP contribution is 2.27. The molecule has 2 fully saturated rings. The van der Waals surface area contributed by atoms with Gasteiger partial charge in [0, 0.05) is 25.7 Å². The summed E-state index contributed by atoms with van der Waals surface area (Å²) in [6.07, 6.45) is 6.55. The van der Waals surface area contributed by atoms with Crippen molar-refractivity contribution in [3.05, 3.63) is 27.1 Å². The van der Waals surface area contributed by atoms with Crippen LogP contribution in [0.1, 0.15) is 54.3 Å². The van der Waals surface area contributed by atoms with E-state index in [9.17, 15) is 14.4 Å². The van der Waals surface area contributed by atoms with Crippen LogP contribution >= 0.6 is 11.3 Å². The largest absolute Gasteiger partial charge is 0.376 e. The molecule has 4 heterocycles. The fourth-order valence-electron chi connectivity index (χ4n) is 4.29. The molecule has 8 nitrogen and oxygen atoms in total. The van der Waals surface area contributed by atoms with E-state index >= 15 is 0 Å². The summed E-state index contributed by atoms with van der Waals surface area (Å²) >= 11 is 1.21. The Morgan fingerprint density at radius 1 is 1.30 bits per heavy atom. The van der Waals surface area contributed by atoms with Gasteiger partial charge in [-0.3, -0.25) is 19.0 Å². The van der Waals surface area contributed by atoms with Crippen LogP contribution in [0.3, 0.4) is 0 Å². The Kier molecular flexibility index (Phi) is 6.19. The molecule has 1 N–H and O–H groups in total. The minimum atomic E-state index is -0.273. The van der Waals surface area contributed by atoms with Gasteiger partial charge in [0.15, 0.2) is 0 Å². The Balaban J connectivity index is 1.53. The molecule has 2 saturated heterocycles. The van der Waals surface area contributed by atoms with Gasteiger partial charge in [0.2, 0.25) is 5.91 Å². The molecule has 162 valence electrons. The highest BCUT2D eigenvalue weighted by Gasteiger charge is 2.25. The zero-order valence-electron chi connectivity index (χ0n) is 17.5. The monoisotopic (exact) mass is 432 g/mol. The van der Waals surface area contributed by atoms with Crippen LogP contribution < -0.4 is 10.9 Å². The number of amides is 2. The number of carbonyl (C=O) groups is 2. The average molecular weight is 433 g/mol. The number of aromatic nitrogens is 2. The molecule has 4 rings (SSSR count). The summed E-state index contributed by atoms with van der Waals surface area (Å²) in [6, 6.07) is 0.195. The van der Waals surface area contributed by atoms with Crippen LogP contribution in [0.15, 0.2) is 11.1 Å². The number of piperidine rings is 1. The topological polar surface area (TPSA) is 93.5 Å². The molecule has 2 aromatic heterocycles. The fraction of sp³-hybridized carbons (Fsp3) is 0.619. The number of hydrogen-bond donors (Lipinski definition) is 1. The molecule has 9 heteroatoms. The van der Waals surface area contributed by atoms with E-state index in [0.29, 0.717) is 27.2 Å². The molecule has 0 aliphatic carbocycles. The summed E-state index contributed by atoms with van der Waals surface area (Å²) in [6.45, 7) is 5.72. The minimum Gasteiger partial charge on any atom is -0.376 e. The summed E-state index contributed by atoms with van der Waals surface area (Å²) < 4.78 is 6.91. The van der Waals surface area contributed by atoms with Crippen molar-refractivity contribution in [2.45, 2.75) is 64.6 Å². The van der Waals surface area contributed by atoms with E-state index in [0.717, 1.165) is 45.3 Å². The molecule has 2 aromatic rings. The highest BCUT2D eigenvalue weighted by molar-refractivity contribution is 7.20. The molecule has 2 unspecified atom stereocenters. The maximum absolute atomic E-state index is 13.1. The fourth-order valence-corrected chi connectivity index (χ4v) is 5.34. The molecule has 2 aliphatic rings. The number of nitrogens with one attached hydrogen (secondary N) is 1. The molecule has 0 radical (unpaired) electrons. The third kappa shape index (κ3) is 4.13. The minimum absolute atomic E-state index is 0.0258. The van der Waals surface area contributed by atoms with Gasteiger partial charge in [-0.25, -0.2) is 4.98 Å². The lowest BCUT2D eigenvalue weighted by molar-refractivity contribution is -0.135. The zero-order valence-corrected chi connectivity index (χ0v) is 18.3. The van der Waals surface area contributed by atoms with Crippen LogP contribution in [0.25, 0.3) is 10.2 Å². The second-order valence-electron chi connectivity index (χ2n) is 8.19. The maximum atomic E-state index is 13.1. The van der Waals surface area contributed by atoms with Gasteiger partial charge in [-0.05, 0) is 51.5 Å². The first-order valence-corrected chi connectivity index (χ1v) is 11.4. The number of carbonyl (C=O) groups excluding carboxylic acids is 2. The molecule has 0 saturated carbocycles. The first kappa shape index (κ1) is 21.0. The Bertz CT molecular complexity index is 1010. The first-order valence-electron chi connectivity index (χ1n) is 10.6. The third-order valence-corrected chi connectivity index (χ3v) is 7.27. The van der Waals surface area contributed by atoms with Crippen LogP contribution in [-0.4, -0.2) is 58.1 Å². The second kappa shape index (κ2) is 8.85. The van der Waals surface area contributed by atoms with Crippen LogP contribution in [0, 0.1) is 6.92 Å². The van der Waals surface area contributed by atoms with Crippen molar-refractivity contribution in [2.75, 3.05) is 19.7 Å². The maximum Gasteiger partial charge on any atom is 0.262 e. The van der Waals surface area contributed by atoms with Crippen LogP contribution in [0.2, 0.25) is 0 Å². The van der Waals surface area contributed by atoms with Crippen molar-refractivity contribution < 1.29 is 14.3 Å². The summed E-state index contributed by atoms with van der Waals surface area (Å²) in [5.74, 6) is -0.275. The van der Waals surface area contributed by atoms with Crippen molar-refractivity contribution >= 4 is 33.4 Å². The first-order chi connectivity index (χ1) is 14.5. The van der Waals surface area contributed by atoms with Gasteiger partial charge in [0.25, 0.3) is 11.5 Å². The quantitative estimate of drug-likeness (QED) is 0.781. The van der Waals surface area contributed by atoms with Gasteiger partial charge >= 0.3 is 0 Å². The van der Waals surface area contributed by atoms with E-state index in [1.165, 1.54) is 22.2 Å². The van der Waals surface area contributed by atoms with Gasteiger partial charge in [-0.2, -0.15) is 0 Å². The average Bonchev–Trinajstić information content (AvgIpc) is 3.37. The second-order valence-corrected chi connectivity index (χ2v) is 9.19. The highest BCUT2D eigenvalue weighted by atomic mass is 32.1. The lowest BCUT2D eigenvalue weighted by atomic mass is 10.0. The Morgan fingerprint density at radius 2 is 2.13 bits per heavy atom. The van der Waals surface area contributed by atoms with Gasteiger partial charge in [0.05, 0.1) is 22.7 Å². The summed E-state index contributed by atoms with van der Waals surface area (Å²) in [5, 5.41) is 3.33. The predicted octanol–water partition coefficient (Wildman–Crippen LogP) is 2.08. The Labute approximate surface area is 179 Å². The van der Waals surface area contributed by atoms with E-state index in [4.69, 9.17) is 4.74 Å². The van der Waals surface area contributed by atoms with E-state index < -0.39 is 0 Å². The molecule has 2 aliphatic heterocycles. The van der Waals surface area contributed by atoms with Gasteiger partial charge in [-0.1, -0.05) is 0 Å². The Morgan fingerprint density at radius 3 is 2.87 bits per heavy atom. The van der Waals surface area contributed by atoms with Crippen LogP contribution in [-0.2, 0) is 16.1 Å². The summed E-state index contributed by atoms with van der Waals surface area (Å²) in [5.41, 5.74) is 0.343. The SMILES string of the molecule is Cc1c(C(=O)NCC2CCCO2)sc2ncn(CC(=O)N3CCCCC3C)c(=O)c12. The number of rotatable bonds is 5. The molecule has 30 heavy (non-hydrogen) atoms. The van der Waals surface area contributed by atoms with Gasteiger partial charge in [-0.15, -0.1) is 11.3 Å². The smallest absolute Gasteiger partial charge is 0.262 e. The lowest BCUT2D eigenvalue weighted by Crippen LogP contribution is -2.44. The van der Waals surface area contributed by atoms with E-state index in [1.54, 1.807) is 6.92 Å². The van der Waals surface area contributed by atoms with Crippen molar-refractivity contribution in [3.8, 4) is 0 Å². The molecular formula is C21H28N4O4S. The van der Waals surface area contributed by atoms with E-state index in [2.05, 4.69) is 10.3 Å². The molecule has 0 bridgehead atoms. The molecule has 2 amide bonds. The van der Waals surface area contributed by atoms with Crippen molar-refractivity contribution in [3.63, 3.8) is 0 Å². The van der Waals surface area contributed by atoms with E-state index in [-0.39, 0.29) is 36.1 Å². The number of hydrogen-bond acceptors (Lipinski definition) is 6. The molecule has 0 aromatic carbocycles. The number of likely N-dealkylation sites (tertiary alicyclic amines) is 1. The normalized spacial score (nSPS) is 21.9. The lowest BCUT2D eigenvalue weighted by Gasteiger charge is -2.33. The number of nitrogens with zero attached hydrogens (tertiary/aromatic N) is 3. The molecular weight excluding hydrogens is 404 g/mol. The zero-order chi connectivity index (χ0) is 21.3. The number of ether oxygens (including phenoxy) is 1. The van der Waals surface area contributed by atoms with Crippen LogP contribution in [0.4, 0.5) is 0 Å². The van der Waals surface area contributed by atoms with Crippen LogP contribution in [0.5, 0.6) is 0 Å². The summed E-state index contributed by atoms with van der Waals surface area (Å²) in [4.78, 5) is 45.7. The van der Waals surface area contributed by atoms with Crippen molar-refractivity contribution in [1.29, 1.82) is 0 Å². The van der Waals surface area contributed by atoms with Crippen molar-refractivity contribution in [2.24, 2.45) is 0 Å². The van der Waals surface area contributed by atoms with E-state index in [1.807, 2.05) is 11.8 Å². The van der Waals surface area contributed by atoms with Crippen molar-refractivity contribution in [1.82, 2.24) is 19.8 Å². The third-order valence-electron chi connectivity index (χ3n) is 6.07. The standard InChI is InChI=1S/C21H28N4O4S/c1-13-6-3-4-8-25(13)16(26)11-24-12-23-20-17(21(24)28)14(2)18(30-20)19(27)22-10-15-7-5-9-29-15/h12-13,15H,3-11H2,1-2H3,(H,22,27). The Hall–Kier alpha value is -2.26. The summed E-state index contributed by atoms with van der Waals surface area (Å²) in [7, 11) is 0. The van der Waals surface area contributed by atoms with Gasteiger partial charge in [0.1, 0.15) is 11.4 Å². The predicted molar refractivity (Wildman–Crippen MR) is 115 cm³/mol. The molecule has 2 atom stereocenters. The number of aryl methyl sites for hydroxylation is 1.